The smallest absolute Gasteiger partial charge is 0.0740 e. The third-order valence-electron chi connectivity index (χ3n) is 4.57. The number of hydrogen-bond acceptors (Lipinski definition) is 1. The topological polar surface area (TPSA) is 12.9 Å². The molecule has 0 bridgehead atoms. The van der Waals surface area contributed by atoms with Crippen LogP contribution in [-0.2, 0) is 0 Å². The molecule has 0 aliphatic heterocycles. The van der Waals surface area contributed by atoms with Crippen molar-refractivity contribution in [2.75, 3.05) is 0 Å². The molecule has 2 heteroatoms. The van der Waals surface area contributed by atoms with Gasteiger partial charge in [0.05, 0.1) is 5.52 Å². The molecule has 0 fully saturated rings. The van der Waals surface area contributed by atoms with E-state index in [1.165, 1.54) is 21.6 Å². The molecule has 1 unspecified atom stereocenters. The quantitative estimate of drug-likeness (QED) is 0.451. The Morgan fingerprint density at radius 2 is 1.28 bits per heavy atom. The van der Waals surface area contributed by atoms with Gasteiger partial charge < -0.3 is 0 Å². The summed E-state index contributed by atoms with van der Waals surface area (Å²) in [4.78, 5) is 4.68. The van der Waals surface area contributed by atoms with Gasteiger partial charge in [-0.2, -0.15) is 0 Å². The molecule has 0 radical (unpaired) electrons. The van der Waals surface area contributed by atoms with E-state index in [9.17, 15) is 0 Å². The van der Waals surface area contributed by atoms with E-state index in [0.29, 0.717) is 5.66 Å². The van der Waals surface area contributed by atoms with Crippen LogP contribution in [0.4, 0.5) is 0 Å². The first-order valence-corrected chi connectivity index (χ1v) is 9.98. The van der Waals surface area contributed by atoms with Gasteiger partial charge in [-0.05, 0) is 30.2 Å². The van der Waals surface area contributed by atoms with Gasteiger partial charge in [0.2, 0.25) is 0 Å². The first-order valence-electron chi connectivity index (χ1n) is 8.57. The summed E-state index contributed by atoms with van der Waals surface area (Å²) in [7, 11) is -0.502. The van der Waals surface area contributed by atoms with Crippen LogP contribution in [0.3, 0.4) is 0 Å². The minimum Gasteiger partial charge on any atom is -0.256 e. The number of rotatable bonds is 4. The molecule has 3 aromatic carbocycles. The van der Waals surface area contributed by atoms with E-state index in [1.54, 1.807) is 0 Å². The standard InChI is InChI=1S/C23H20NP/c1-18(22-16-8-10-19-11-9-17-24-23(19)22)25(20-12-4-2-5-13-20)21-14-6-3-7-15-21/h2-18H,1H3. The fourth-order valence-corrected chi connectivity index (χ4v) is 6.04. The number of benzene rings is 3. The molecule has 1 nitrogen and oxygen atoms in total. The van der Waals surface area contributed by atoms with Gasteiger partial charge in [-0.1, -0.05) is 91.9 Å². The molecule has 1 heterocycles. The lowest BCUT2D eigenvalue weighted by Gasteiger charge is -2.26. The van der Waals surface area contributed by atoms with Crippen molar-refractivity contribution in [3.05, 3.63) is 103 Å². The van der Waals surface area contributed by atoms with Crippen LogP contribution in [0.15, 0.2) is 97.2 Å². The maximum Gasteiger partial charge on any atom is 0.0740 e. The Balaban J connectivity index is 1.87. The third kappa shape index (κ3) is 3.21. The van der Waals surface area contributed by atoms with Gasteiger partial charge in [-0.15, -0.1) is 0 Å². The second-order valence-electron chi connectivity index (χ2n) is 6.14. The molecule has 0 saturated carbocycles. The lowest BCUT2D eigenvalue weighted by Crippen LogP contribution is -2.15. The monoisotopic (exact) mass is 341 g/mol. The molecule has 25 heavy (non-hydrogen) atoms. The highest BCUT2D eigenvalue weighted by Gasteiger charge is 2.23. The van der Waals surface area contributed by atoms with Crippen LogP contribution in [0.1, 0.15) is 18.1 Å². The van der Waals surface area contributed by atoms with Crippen LogP contribution in [0, 0.1) is 0 Å². The molecule has 0 saturated heterocycles. The van der Waals surface area contributed by atoms with E-state index in [1.807, 2.05) is 12.3 Å². The maximum atomic E-state index is 4.68. The lowest BCUT2D eigenvalue weighted by molar-refractivity contribution is 1.09. The largest absolute Gasteiger partial charge is 0.256 e. The van der Waals surface area contributed by atoms with E-state index >= 15 is 0 Å². The summed E-state index contributed by atoms with van der Waals surface area (Å²) in [6, 6.07) is 32.5. The number of hydrogen-bond donors (Lipinski definition) is 0. The van der Waals surface area contributed by atoms with Gasteiger partial charge >= 0.3 is 0 Å². The van der Waals surface area contributed by atoms with E-state index in [-0.39, 0.29) is 0 Å². The van der Waals surface area contributed by atoms with Crippen LogP contribution in [0.2, 0.25) is 0 Å². The molecule has 4 rings (SSSR count). The van der Waals surface area contributed by atoms with Crippen molar-refractivity contribution < 1.29 is 0 Å². The molecule has 0 aliphatic rings. The fourth-order valence-electron chi connectivity index (χ4n) is 3.38. The van der Waals surface area contributed by atoms with Gasteiger partial charge in [-0.25, -0.2) is 0 Å². The number of para-hydroxylation sites is 1. The molecule has 0 N–H and O–H groups in total. The Bertz CT molecular complexity index is 922. The number of fused-ring (bicyclic) bond motifs is 1. The second-order valence-corrected chi connectivity index (χ2v) is 8.69. The fraction of sp³-hybridized carbons (Fsp3) is 0.0870. The van der Waals surface area contributed by atoms with Crippen molar-refractivity contribution in [1.82, 2.24) is 4.98 Å². The minimum atomic E-state index is -0.502. The Labute approximate surface area is 150 Å². The predicted molar refractivity (Wildman–Crippen MR) is 109 cm³/mol. The molecule has 0 amide bonds. The van der Waals surface area contributed by atoms with Crippen LogP contribution < -0.4 is 10.6 Å². The molecular formula is C23H20NP. The normalized spacial score (nSPS) is 12.4. The summed E-state index contributed by atoms with van der Waals surface area (Å²) in [6.07, 6.45) is 1.89. The van der Waals surface area contributed by atoms with Crippen LogP contribution >= 0.6 is 7.92 Å². The maximum absolute atomic E-state index is 4.68. The summed E-state index contributed by atoms with van der Waals surface area (Å²) in [5.41, 5.74) is 2.84. The molecule has 1 atom stereocenters. The highest BCUT2D eigenvalue weighted by molar-refractivity contribution is 7.73. The zero-order valence-corrected chi connectivity index (χ0v) is 15.1. The highest BCUT2D eigenvalue weighted by atomic mass is 31.1. The van der Waals surface area contributed by atoms with Crippen molar-refractivity contribution in [3.63, 3.8) is 0 Å². The Morgan fingerprint density at radius 1 is 0.680 bits per heavy atom. The summed E-state index contributed by atoms with van der Waals surface area (Å²) in [5, 5.41) is 4.02. The number of nitrogens with zero attached hydrogens (tertiary/aromatic N) is 1. The zero-order valence-electron chi connectivity index (χ0n) is 14.2. The molecule has 0 spiro atoms. The van der Waals surface area contributed by atoms with Gasteiger partial charge in [0.25, 0.3) is 0 Å². The highest BCUT2D eigenvalue weighted by Crippen LogP contribution is 2.50. The average Bonchev–Trinajstić information content (AvgIpc) is 2.69. The van der Waals surface area contributed by atoms with Crippen molar-refractivity contribution in [2.24, 2.45) is 0 Å². The van der Waals surface area contributed by atoms with Crippen molar-refractivity contribution >= 4 is 29.4 Å². The van der Waals surface area contributed by atoms with E-state index in [4.69, 9.17) is 0 Å². The number of aromatic nitrogens is 1. The summed E-state index contributed by atoms with van der Waals surface area (Å²) < 4.78 is 0. The van der Waals surface area contributed by atoms with Crippen LogP contribution in [-0.4, -0.2) is 4.98 Å². The van der Waals surface area contributed by atoms with E-state index in [0.717, 1.165) is 5.52 Å². The molecule has 4 aromatic rings. The lowest BCUT2D eigenvalue weighted by atomic mass is 10.1. The second kappa shape index (κ2) is 7.17. The van der Waals surface area contributed by atoms with E-state index < -0.39 is 7.92 Å². The van der Waals surface area contributed by atoms with Gasteiger partial charge in [0, 0.05) is 17.2 Å². The zero-order chi connectivity index (χ0) is 17.1. The molecule has 122 valence electrons. The molecule has 1 aromatic heterocycles. The predicted octanol–water partition coefficient (Wildman–Crippen LogP) is 5.43. The van der Waals surface area contributed by atoms with Gasteiger partial charge in [0.15, 0.2) is 0 Å². The Hall–Kier alpha value is -2.50. The van der Waals surface area contributed by atoms with Crippen molar-refractivity contribution in [1.29, 1.82) is 0 Å². The average molecular weight is 341 g/mol. The summed E-state index contributed by atoms with van der Waals surface area (Å²) in [5.74, 6) is 0. The summed E-state index contributed by atoms with van der Waals surface area (Å²) >= 11 is 0. The van der Waals surface area contributed by atoms with Crippen LogP contribution in [0.25, 0.3) is 10.9 Å². The Kier molecular flexibility index (Phi) is 4.59. The third-order valence-corrected chi connectivity index (χ3v) is 7.33. The van der Waals surface area contributed by atoms with E-state index in [2.05, 4.69) is 96.8 Å². The summed E-state index contributed by atoms with van der Waals surface area (Å²) in [6.45, 7) is 2.34. The van der Waals surface area contributed by atoms with Gasteiger partial charge in [0.1, 0.15) is 0 Å². The number of pyridine rings is 1. The van der Waals surface area contributed by atoms with Gasteiger partial charge in [-0.3, -0.25) is 4.98 Å². The SMILES string of the molecule is CC(c1cccc2cccnc12)P(c1ccccc1)c1ccccc1. The Morgan fingerprint density at radius 3 is 1.92 bits per heavy atom. The minimum absolute atomic E-state index is 0.387. The molecular weight excluding hydrogens is 321 g/mol. The molecule has 0 aliphatic carbocycles. The van der Waals surface area contributed by atoms with Crippen LogP contribution in [0.5, 0.6) is 0 Å². The van der Waals surface area contributed by atoms with Crippen molar-refractivity contribution in [3.8, 4) is 0 Å². The van der Waals surface area contributed by atoms with Crippen molar-refractivity contribution in [2.45, 2.75) is 12.6 Å². The first kappa shape index (κ1) is 16.0. The first-order chi connectivity index (χ1) is 12.3.